The summed E-state index contributed by atoms with van der Waals surface area (Å²) >= 11 is 0. The van der Waals surface area contributed by atoms with Crippen LogP contribution in [0.1, 0.15) is 25.8 Å². The molecule has 21 heavy (non-hydrogen) atoms. The molecule has 1 N–H and O–H groups in total. The molecule has 0 spiro atoms. The summed E-state index contributed by atoms with van der Waals surface area (Å²) in [6.07, 6.45) is 1.35. The SMILES string of the molecule is CCN(CC)C(=O)CCNc1ncc([N+](=O)[O-])cc1C#N. The molecule has 0 aromatic carbocycles. The van der Waals surface area contributed by atoms with Gasteiger partial charge < -0.3 is 10.2 Å². The molecule has 8 heteroatoms. The molecular formula is C13H17N5O3. The summed E-state index contributed by atoms with van der Waals surface area (Å²) in [6, 6.07) is 3.00. The zero-order valence-corrected chi connectivity index (χ0v) is 12.0. The topological polar surface area (TPSA) is 112 Å². The van der Waals surface area contributed by atoms with Gasteiger partial charge in [-0.05, 0) is 13.8 Å². The van der Waals surface area contributed by atoms with Crippen molar-refractivity contribution in [2.75, 3.05) is 25.0 Å². The Labute approximate surface area is 122 Å². The summed E-state index contributed by atoms with van der Waals surface area (Å²) in [7, 11) is 0. The maximum absolute atomic E-state index is 11.8. The van der Waals surface area contributed by atoms with Crippen molar-refractivity contribution in [3.63, 3.8) is 0 Å². The van der Waals surface area contributed by atoms with Crippen molar-refractivity contribution < 1.29 is 9.72 Å². The molecule has 0 unspecified atom stereocenters. The molecule has 0 aliphatic heterocycles. The Morgan fingerprint density at radius 2 is 2.19 bits per heavy atom. The van der Waals surface area contributed by atoms with Gasteiger partial charge in [-0.25, -0.2) is 4.98 Å². The summed E-state index contributed by atoms with van der Waals surface area (Å²) in [5.74, 6) is 0.253. The molecule has 1 heterocycles. The molecule has 1 amide bonds. The fourth-order valence-corrected chi connectivity index (χ4v) is 1.80. The lowest BCUT2D eigenvalue weighted by Gasteiger charge is -2.18. The lowest BCUT2D eigenvalue weighted by molar-refractivity contribution is -0.385. The van der Waals surface area contributed by atoms with Crippen LogP contribution < -0.4 is 5.32 Å². The maximum Gasteiger partial charge on any atom is 0.289 e. The highest BCUT2D eigenvalue weighted by Crippen LogP contribution is 2.18. The van der Waals surface area contributed by atoms with E-state index in [2.05, 4.69) is 10.3 Å². The van der Waals surface area contributed by atoms with Gasteiger partial charge in [0.05, 0.1) is 4.92 Å². The van der Waals surface area contributed by atoms with Gasteiger partial charge in [0.25, 0.3) is 5.69 Å². The molecule has 0 saturated carbocycles. The number of nitrogens with zero attached hydrogens (tertiary/aromatic N) is 4. The van der Waals surface area contributed by atoms with Crippen LogP contribution in [0, 0.1) is 21.4 Å². The second-order valence-electron chi connectivity index (χ2n) is 4.20. The minimum absolute atomic E-state index is 0.00733. The van der Waals surface area contributed by atoms with Gasteiger partial charge in [-0.1, -0.05) is 0 Å². The maximum atomic E-state index is 11.8. The van der Waals surface area contributed by atoms with Crippen LogP contribution in [0.15, 0.2) is 12.3 Å². The standard InChI is InChI=1S/C13H17N5O3/c1-3-17(4-2)12(19)5-6-15-13-10(8-14)7-11(9-16-13)18(20)21/h7,9H,3-6H2,1-2H3,(H,15,16). The smallest absolute Gasteiger partial charge is 0.289 e. The molecule has 0 atom stereocenters. The van der Waals surface area contributed by atoms with Crippen LogP contribution >= 0.6 is 0 Å². The third-order valence-corrected chi connectivity index (χ3v) is 2.95. The molecule has 1 aromatic rings. The summed E-state index contributed by atoms with van der Waals surface area (Å²) in [6.45, 7) is 5.42. The number of nitrogens with one attached hydrogen (secondary N) is 1. The number of nitriles is 1. The first-order valence-electron chi connectivity index (χ1n) is 6.59. The summed E-state index contributed by atoms with van der Waals surface area (Å²) in [5, 5.41) is 22.4. The molecule has 0 aliphatic carbocycles. The van der Waals surface area contributed by atoms with Gasteiger partial charge in [0.2, 0.25) is 5.91 Å². The highest BCUT2D eigenvalue weighted by molar-refractivity contribution is 5.76. The van der Waals surface area contributed by atoms with Crippen LogP contribution in [-0.4, -0.2) is 40.3 Å². The summed E-state index contributed by atoms with van der Waals surface area (Å²) in [4.78, 5) is 27.4. The first-order valence-corrected chi connectivity index (χ1v) is 6.59. The lowest BCUT2D eigenvalue weighted by atomic mass is 10.2. The van der Waals surface area contributed by atoms with Crippen molar-refractivity contribution in [2.24, 2.45) is 0 Å². The molecule has 0 fully saturated rings. The van der Waals surface area contributed by atoms with E-state index in [4.69, 9.17) is 5.26 Å². The van der Waals surface area contributed by atoms with E-state index in [0.29, 0.717) is 19.6 Å². The van der Waals surface area contributed by atoms with E-state index in [0.717, 1.165) is 12.3 Å². The lowest BCUT2D eigenvalue weighted by Crippen LogP contribution is -2.31. The Balaban J connectivity index is 2.66. The fraction of sp³-hybridized carbons (Fsp3) is 0.462. The molecule has 0 bridgehead atoms. The Kier molecular flexibility index (Phi) is 6.07. The van der Waals surface area contributed by atoms with Gasteiger partial charge >= 0.3 is 0 Å². The van der Waals surface area contributed by atoms with Gasteiger partial charge in [0.1, 0.15) is 23.6 Å². The average Bonchev–Trinajstić information content (AvgIpc) is 2.48. The molecular weight excluding hydrogens is 274 g/mol. The monoisotopic (exact) mass is 291 g/mol. The van der Waals surface area contributed by atoms with Crippen LogP contribution in [0.4, 0.5) is 11.5 Å². The highest BCUT2D eigenvalue weighted by Gasteiger charge is 2.13. The van der Waals surface area contributed by atoms with E-state index < -0.39 is 4.92 Å². The van der Waals surface area contributed by atoms with Crippen LogP contribution in [0.25, 0.3) is 0 Å². The predicted molar refractivity (Wildman–Crippen MR) is 76.6 cm³/mol. The number of hydrogen-bond donors (Lipinski definition) is 1. The molecule has 0 radical (unpaired) electrons. The average molecular weight is 291 g/mol. The first kappa shape index (κ1) is 16.4. The number of amides is 1. The largest absolute Gasteiger partial charge is 0.368 e. The Hall–Kier alpha value is -2.69. The number of carbonyl (C=O) groups is 1. The Morgan fingerprint density at radius 1 is 1.52 bits per heavy atom. The predicted octanol–water partition coefficient (Wildman–Crippen LogP) is 1.53. The second kappa shape index (κ2) is 7.79. The minimum atomic E-state index is -0.610. The number of hydrogen-bond acceptors (Lipinski definition) is 6. The van der Waals surface area contributed by atoms with E-state index in [9.17, 15) is 14.9 Å². The summed E-state index contributed by atoms with van der Waals surface area (Å²) in [5.41, 5.74) is -0.157. The highest BCUT2D eigenvalue weighted by atomic mass is 16.6. The summed E-state index contributed by atoms with van der Waals surface area (Å²) < 4.78 is 0. The van der Waals surface area contributed by atoms with Crippen molar-refractivity contribution in [3.8, 4) is 6.07 Å². The Bertz CT molecular complexity index is 563. The van der Waals surface area contributed by atoms with Crippen LogP contribution in [0.5, 0.6) is 0 Å². The van der Waals surface area contributed by atoms with Crippen molar-refractivity contribution in [2.45, 2.75) is 20.3 Å². The van der Waals surface area contributed by atoms with E-state index >= 15 is 0 Å². The van der Waals surface area contributed by atoms with E-state index in [-0.39, 0.29) is 29.4 Å². The normalized spacial score (nSPS) is 9.76. The van der Waals surface area contributed by atoms with Crippen molar-refractivity contribution in [1.29, 1.82) is 5.26 Å². The quantitative estimate of drug-likeness (QED) is 0.602. The third-order valence-electron chi connectivity index (χ3n) is 2.95. The molecule has 112 valence electrons. The number of pyridine rings is 1. The van der Waals surface area contributed by atoms with Gasteiger partial charge in [0, 0.05) is 32.1 Å². The van der Waals surface area contributed by atoms with Gasteiger partial charge in [-0.15, -0.1) is 0 Å². The van der Waals surface area contributed by atoms with Gasteiger partial charge in [0.15, 0.2) is 0 Å². The minimum Gasteiger partial charge on any atom is -0.368 e. The number of carbonyl (C=O) groups excluding carboxylic acids is 1. The second-order valence-corrected chi connectivity index (χ2v) is 4.20. The van der Waals surface area contributed by atoms with Crippen LogP contribution in [0.2, 0.25) is 0 Å². The van der Waals surface area contributed by atoms with Crippen molar-refractivity contribution in [3.05, 3.63) is 27.9 Å². The first-order chi connectivity index (χ1) is 10.0. The molecule has 1 rings (SSSR count). The molecule has 1 aromatic heterocycles. The van der Waals surface area contributed by atoms with Gasteiger partial charge in [-0.3, -0.25) is 14.9 Å². The number of nitro groups is 1. The van der Waals surface area contributed by atoms with Crippen molar-refractivity contribution in [1.82, 2.24) is 9.88 Å². The fourth-order valence-electron chi connectivity index (χ4n) is 1.80. The van der Waals surface area contributed by atoms with E-state index in [1.165, 1.54) is 0 Å². The zero-order valence-electron chi connectivity index (χ0n) is 12.0. The Morgan fingerprint density at radius 3 is 2.71 bits per heavy atom. The molecule has 0 saturated heterocycles. The third kappa shape index (κ3) is 4.42. The van der Waals surface area contributed by atoms with Crippen LogP contribution in [-0.2, 0) is 4.79 Å². The molecule has 8 nitrogen and oxygen atoms in total. The number of rotatable bonds is 7. The number of anilines is 1. The van der Waals surface area contributed by atoms with E-state index in [1.807, 2.05) is 19.9 Å². The molecule has 0 aliphatic rings. The van der Waals surface area contributed by atoms with Crippen LogP contribution in [0.3, 0.4) is 0 Å². The zero-order chi connectivity index (χ0) is 15.8. The van der Waals surface area contributed by atoms with E-state index in [1.54, 1.807) is 4.90 Å². The number of aromatic nitrogens is 1. The van der Waals surface area contributed by atoms with Crippen molar-refractivity contribution >= 4 is 17.4 Å². The van der Waals surface area contributed by atoms with Gasteiger partial charge in [-0.2, -0.15) is 5.26 Å².